The van der Waals surface area contributed by atoms with Gasteiger partial charge in [-0.05, 0) is 30.7 Å². The Morgan fingerprint density at radius 3 is 2.80 bits per heavy atom. The normalized spacial score (nSPS) is 10.1. The van der Waals surface area contributed by atoms with Crippen LogP contribution in [0.2, 0.25) is 5.15 Å². The second-order valence-corrected chi connectivity index (χ2v) is 4.43. The third-order valence-corrected chi connectivity index (χ3v) is 2.90. The maximum Gasteiger partial charge on any atom is 0.293 e. The van der Waals surface area contributed by atoms with E-state index in [1.54, 1.807) is 19.1 Å². The van der Waals surface area contributed by atoms with Crippen LogP contribution in [-0.2, 0) is 0 Å². The molecule has 0 aliphatic heterocycles. The first-order chi connectivity index (χ1) is 9.49. The number of nitrogens with zero attached hydrogens (tertiary/aromatic N) is 2. The molecule has 1 N–H and O–H groups in total. The van der Waals surface area contributed by atoms with E-state index < -0.39 is 10.8 Å². The van der Waals surface area contributed by atoms with Crippen LogP contribution in [0.4, 0.5) is 11.4 Å². The van der Waals surface area contributed by atoms with Crippen LogP contribution < -0.4 is 5.32 Å². The number of carbonyl (C=O) groups is 1. The Morgan fingerprint density at radius 2 is 2.15 bits per heavy atom. The highest BCUT2D eigenvalue weighted by atomic mass is 35.5. The van der Waals surface area contributed by atoms with Gasteiger partial charge in [0.25, 0.3) is 11.6 Å². The van der Waals surface area contributed by atoms with E-state index in [4.69, 9.17) is 11.6 Å². The molecule has 1 amide bonds. The van der Waals surface area contributed by atoms with Gasteiger partial charge in [0.1, 0.15) is 10.8 Å². The van der Waals surface area contributed by atoms with Crippen LogP contribution in [0.1, 0.15) is 15.9 Å². The molecule has 2 rings (SSSR count). The van der Waals surface area contributed by atoms with Crippen LogP contribution in [0, 0.1) is 17.0 Å². The van der Waals surface area contributed by atoms with Crippen molar-refractivity contribution >= 4 is 28.9 Å². The number of benzene rings is 1. The van der Waals surface area contributed by atoms with Crippen molar-refractivity contribution in [3.05, 3.63) is 62.9 Å². The minimum absolute atomic E-state index is 0.0414. The van der Waals surface area contributed by atoms with Crippen molar-refractivity contribution in [2.75, 3.05) is 5.32 Å². The van der Waals surface area contributed by atoms with Crippen molar-refractivity contribution in [2.24, 2.45) is 0 Å². The Hall–Kier alpha value is -2.47. The van der Waals surface area contributed by atoms with E-state index in [0.29, 0.717) is 0 Å². The van der Waals surface area contributed by atoms with Crippen LogP contribution >= 0.6 is 11.6 Å². The van der Waals surface area contributed by atoms with Crippen LogP contribution in [0.3, 0.4) is 0 Å². The first-order valence-electron chi connectivity index (χ1n) is 5.66. The third-order valence-electron chi connectivity index (χ3n) is 2.60. The summed E-state index contributed by atoms with van der Waals surface area (Å²) in [6, 6.07) is 7.60. The van der Waals surface area contributed by atoms with E-state index in [1.807, 2.05) is 0 Å². The highest BCUT2D eigenvalue weighted by Crippen LogP contribution is 2.26. The van der Waals surface area contributed by atoms with E-state index in [-0.39, 0.29) is 22.1 Å². The summed E-state index contributed by atoms with van der Waals surface area (Å²) in [5.74, 6) is -0.546. The van der Waals surface area contributed by atoms with Gasteiger partial charge in [-0.1, -0.05) is 17.7 Å². The number of nitrogens with one attached hydrogen (secondary N) is 1. The zero-order valence-electron chi connectivity index (χ0n) is 10.5. The maximum atomic E-state index is 12.0. The third kappa shape index (κ3) is 2.92. The summed E-state index contributed by atoms with van der Waals surface area (Å²) in [7, 11) is 0. The van der Waals surface area contributed by atoms with Gasteiger partial charge in [0, 0.05) is 12.3 Å². The first kappa shape index (κ1) is 14.0. The summed E-state index contributed by atoms with van der Waals surface area (Å²) >= 11 is 5.81. The number of rotatable bonds is 3. The van der Waals surface area contributed by atoms with Crippen molar-refractivity contribution in [3.63, 3.8) is 0 Å². The molecule has 0 aliphatic rings. The average Bonchev–Trinajstić information content (AvgIpc) is 2.41. The van der Waals surface area contributed by atoms with Crippen molar-refractivity contribution < 1.29 is 9.72 Å². The zero-order chi connectivity index (χ0) is 14.7. The molecule has 0 spiro atoms. The zero-order valence-corrected chi connectivity index (χ0v) is 11.2. The topological polar surface area (TPSA) is 85.1 Å². The maximum absolute atomic E-state index is 12.0. The molecule has 1 aromatic heterocycles. The second kappa shape index (κ2) is 5.66. The second-order valence-electron chi connectivity index (χ2n) is 4.07. The number of hydrogen-bond donors (Lipinski definition) is 1. The Kier molecular flexibility index (Phi) is 3.95. The summed E-state index contributed by atoms with van der Waals surface area (Å²) in [5, 5.41) is 13.5. The van der Waals surface area contributed by atoms with E-state index in [2.05, 4.69) is 10.3 Å². The largest absolute Gasteiger partial charge is 0.316 e. The lowest BCUT2D eigenvalue weighted by molar-refractivity contribution is -0.384. The molecule has 0 bridgehead atoms. The van der Waals surface area contributed by atoms with Crippen molar-refractivity contribution in [1.82, 2.24) is 4.98 Å². The van der Waals surface area contributed by atoms with Gasteiger partial charge >= 0.3 is 0 Å². The molecule has 20 heavy (non-hydrogen) atoms. The number of amides is 1. The highest BCUT2D eigenvalue weighted by Gasteiger charge is 2.18. The van der Waals surface area contributed by atoms with Crippen LogP contribution in [0.15, 0.2) is 36.5 Å². The fourth-order valence-electron chi connectivity index (χ4n) is 1.64. The highest BCUT2D eigenvalue weighted by molar-refractivity contribution is 6.33. The average molecular weight is 292 g/mol. The van der Waals surface area contributed by atoms with E-state index >= 15 is 0 Å². The molecule has 0 saturated heterocycles. The number of halogens is 1. The van der Waals surface area contributed by atoms with Gasteiger partial charge in [0.2, 0.25) is 0 Å². The van der Waals surface area contributed by atoms with Gasteiger partial charge < -0.3 is 5.32 Å². The standard InChI is InChI=1S/C13H10ClN3O3/c1-8-4-5-10(11(7-8)17(19)20)16-13(18)9-3-2-6-15-12(9)14/h2-7H,1H3,(H,16,18). The molecule has 0 unspecified atom stereocenters. The molecule has 1 heterocycles. The lowest BCUT2D eigenvalue weighted by atomic mass is 10.2. The molecule has 1 aromatic carbocycles. The Morgan fingerprint density at radius 1 is 1.40 bits per heavy atom. The van der Waals surface area contributed by atoms with Gasteiger partial charge in [0.05, 0.1) is 10.5 Å². The number of nitro groups is 1. The van der Waals surface area contributed by atoms with Crippen LogP contribution in [-0.4, -0.2) is 15.8 Å². The van der Waals surface area contributed by atoms with Gasteiger partial charge in [-0.3, -0.25) is 14.9 Å². The fraction of sp³-hybridized carbons (Fsp3) is 0.0769. The van der Waals surface area contributed by atoms with E-state index in [9.17, 15) is 14.9 Å². The first-order valence-corrected chi connectivity index (χ1v) is 6.04. The van der Waals surface area contributed by atoms with Crippen LogP contribution in [0.5, 0.6) is 0 Å². The molecule has 0 radical (unpaired) electrons. The quantitative estimate of drug-likeness (QED) is 0.534. The van der Waals surface area contributed by atoms with Gasteiger partial charge in [-0.2, -0.15) is 0 Å². The molecule has 0 fully saturated rings. The number of pyridine rings is 1. The van der Waals surface area contributed by atoms with Gasteiger partial charge in [0.15, 0.2) is 0 Å². The van der Waals surface area contributed by atoms with Crippen LogP contribution in [0.25, 0.3) is 0 Å². The summed E-state index contributed by atoms with van der Waals surface area (Å²) < 4.78 is 0. The summed E-state index contributed by atoms with van der Waals surface area (Å²) in [6.07, 6.45) is 1.45. The van der Waals surface area contributed by atoms with E-state index in [0.717, 1.165) is 5.56 Å². The van der Waals surface area contributed by atoms with Gasteiger partial charge in [-0.15, -0.1) is 0 Å². The Bertz CT molecular complexity index is 688. The number of hydrogen-bond acceptors (Lipinski definition) is 4. The molecule has 102 valence electrons. The Labute approximate surface area is 119 Å². The molecule has 0 saturated carbocycles. The predicted octanol–water partition coefficient (Wildman–Crippen LogP) is 3.20. The van der Waals surface area contributed by atoms with E-state index in [1.165, 1.54) is 24.4 Å². The molecular formula is C13H10ClN3O3. The lowest BCUT2D eigenvalue weighted by Gasteiger charge is -2.07. The minimum atomic E-state index is -0.548. The van der Waals surface area contributed by atoms with Crippen molar-refractivity contribution in [1.29, 1.82) is 0 Å². The fourth-order valence-corrected chi connectivity index (χ4v) is 1.85. The monoisotopic (exact) mass is 291 g/mol. The number of anilines is 1. The number of aromatic nitrogens is 1. The summed E-state index contributed by atoms with van der Waals surface area (Å²) in [5.41, 5.74) is 0.835. The molecule has 7 heteroatoms. The summed E-state index contributed by atoms with van der Waals surface area (Å²) in [4.78, 5) is 26.2. The number of aryl methyl sites for hydroxylation is 1. The molecule has 0 atom stereocenters. The lowest BCUT2D eigenvalue weighted by Crippen LogP contribution is -2.14. The number of nitro benzene ring substituents is 1. The van der Waals surface area contributed by atoms with Crippen molar-refractivity contribution in [3.8, 4) is 0 Å². The van der Waals surface area contributed by atoms with Crippen molar-refractivity contribution in [2.45, 2.75) is 6.92 Å². The smallest absolute Gasteiger partial charge is 0.293 e. The molecule has 6 nitrogen and oxygen atoms in total. The minimum Gasteiger partial charge on any atom is -0.316 e. The SMILES string of the molecule is Cc1ccc(NC(=O)c2cccnc2Cl)c([N+](=O)[O-])c1. The predicted molar refractivity (Wildman–Crippen MR) is 75.0 cm³/mol. The molecule has 0 aliphatic carbocycles. The molecular weight excluding hydrogens is 282 g/mol. The summed E-state index contributed by atoms with van der Waals surface area (Å²) in [6.45, 7) is 1.73. The van der Waals surface area contributed by atoms with Gasteiger partial charge in [-0.25, -0.2) is 4.98 Å². The number of carbonyl (C=O) groups excluding carboxylic acids is 1. The Balaban J connectivity index is 2.33. The molecule has 2 aromatic rings.